The summed E-state index contributed by atoms with van der Waals surface area (Å²) in [5.74, 6) is 2.32. The normalized spacial score (nSPS) is 17.4. The van der Waals surface area contributed by atoms with Crippen LogP contribution in [0.4, 0.5) is 0 Å². The zero-order valence-corrected chi connectivity index (χ0v) is 14.8. The van der Waals surface area contributed by atoms with Crippen molar-refractivity contribution >= 4 is 29.0 Å². The van der Waals surface area contributed by atoms with Gasteiger partial charge in [0.05, 0.1) is 12.3 Å². The Balaban J connectivity index is 1.38. The third-order valence-corrected chi connectivity index (χ3v) is 6.06. The van der Waals surface area contributed by atoms with E-state index in [1.54, 1.807) is 16.2 Å². The Labute approximate surface area is 144 Å². The van der Waals surface area contributed by atoms with Crippen LogP contribution < -0.4 is 0 Å². The first-order chi connectivity index (χ1) is 11.2. The van der Waals surface area contributed by atoms with Crippen molar-refractivity contribution in [2.45, 2.75) is 49.3 Å². The molecule has 23 heavy (non-hydrogen) atoms. The van der Waals surface area contributed by atoms with Gasteiger partial charge in [0.15, 0.2) is 5.16 Å². The molecule has 2 fully saturated rings. The molecular formula is C16H20N4OS2. The number of hydrogen-bond donors (Lipinski definition) is 0. The summed E-state index contributed by atoms with van der Waals surface area (Å²) < 4.78 is 2.30. The summed E-state index contributed by atoms with van der Waals surface area (Å²) in [4.78, 5) is 15.3. The molecule has 0 unspecified atom stereocenters. The van der Waals surface area contributed by atoms with E-state index in [-0.39, 0.29) is 5.91 Å². The minimum atomic E-state index is 0.140. The Kier molecular flexibility index (Phi) is 4.15. The lowest BCUT2D eigenvalue weighted by molar-refractivity contribution is -0.127. The van der Waals surface area contributed by atoms with Crippen molar-refractivity contribution in [1.82, 2.24) is 19.7 Å². The number of hydrogen-bond acceptors (Lipinski definition) is 5. The van der Waals surface area contributed by atoms with Crippen LogP contribution in [0.5, 0.6) is 0 Å². The standard InChI is InChI=1S/C16H20N4OS2/c1-19(9-13-3-2-8-22-13)14(21)10-23-16-18-17-15(11-4-5-11)20(16)12-6-7-12/h2-3,8,11-12H,4-7,9-10H2,1H3. The molecule has 2 aromatic heterocycles. The lowest BCUT2D eigenvalue weighted by Gasteiger charge is -2.16. The van der Waals surface area contributed by atoms with Gasteiger partial charge >= 0.3 is 0 Å². The fourth-order valence-corrected chi connectivity index (χ4v) is 4.35. The molecule has 0 bridgehead atoms. The first-order valence-corrected chi connectivity index (χ1v) is 9.93. The van der Waals surface area contributed by atoms with E-state index in [0.29, 0.717) is 24.3 Å². The zero-order valence-electron chi connectivity index (χ0n) is 13.1. The molecule has 2 heterocycles. The first kappa shape index (κ1) is 15.2. The van der Waals surface area contributed by atoms with Crippen molar-refractivity contribution in [2.24, 2.45) is 0 Å². The molecule has 2 saturated carbocycles. The van der Waals surface area contributed by atoms with Gasteiger partial charge in [-0.15, -0.1) is 21.5 Å². The molecule has 0 aromatic carbocycles. The molecule has 7 heteroatoms. The van der Waals surface area contributed by atoms with Crippen LogP contribution >= 0.6 is 23.1 Å². The van der Waals surface area contributed by atoms with E-state index in [2.05, 4.69) is 20.8 Å². The molecule has 1 amide bonds. The average molecular weight is 348 g/mol. The van der Waals surface area contributed by atoms with Crippen molar-refractivity contribution < 1.29 is 4.79 Å². The van der Waals surface area contributed by atoms with Gasteiger partial charge in [-0.05, 0) is 37.1 Å². The number of amides is 1. The van der Waals surface area contributed by atoms with Crippen LogP contribution in [0, 0.1) is 0 Å². The van der Waals surface area contributed by atoms with Gasteiger partial charge in [0, 0.05) is 23.9 Å². The Morgan fingerprint density at radius 2 is 2.22 bits per heavy atom. The number of nitrogens with zero attached hydrogens (tertiary/aromatic N) is 4. The van der Waals surface area contributed by atoms with Gasteiger partial charge in [0.2, 0.25) is 5.91 Å². The number of carbonyl (C=O) groups excluding carboxylic acids is 1. The summed E-state index contributed by atoms with van der Waals surface area (Å²) in [6.45, 7) is 0.680. The minimum Gasteiger partial charge on any atom is -0.340 e. The molecule has 0 N–H and O–H groups in total. The van der Waals surface area contributed by atoms with Gasteiger partial charge in [0.25, 0.3) is 0 Å². The van der Waals surface area contributed by atoms with E-state index >= 15 is 0 Å². The highest BCUT2D eigenvalue weighted by molar-refractivity contribution is 7.99. The summed E-state index contributed by atoms with van der Waals surface area (Å²) in [6.07, 6.45) is 4.91. The molecule has 2 aliphatic carbocycles. The van der Waals surface area contributed by atoms with Gasteiger partial charge in [0.1, 0.15) is 5.82 Å². The van der Waals surface area contributed by atoms with E-state index < -0.39 is 0 Å². The van der Waals surface area contributed by atoms with Crippen molar-refractivity contribution in [3.05, 3.63) is 28.2 Å². The fraction of sp³-hybridized carbons (Fsp3) is 0.562. The summed E-state index contributed by atoms with van der Waals surface area (Å²) in [7, 11) is 1.86. The van der Waals surface area contributed by atoms with Crippen molar-refractivity contribution in [1.29, 1.82) is 0 Å². The maximum Gasteiger partial charge on any atom is 0.233 e. The SMILES string of the molecule is CN(Cc1cccs1)C(=O)CSc1nnc(C2CC2)n1C1CC1. The molecule has 5 nitrogen and oxygen atoms in total. The Morgan fingerprint density at radius 3 is 2.87 bits per heavy atom. The van der Waals surface area contributed by atoms with Crippen LogP contribution in [0.25, 0.3) is 0 Å². The molecule has 2 aromatic rings. The number of aromatic nitrogens is 3. The molecule has 122 valence electrons. The van der Waals surface area contributed by atoms with Gasteiger partial charge < -0.3 is 9.47 Å². The number of thiophene rings is 1. The van der Waals surface area contributed by atoms with Crippen LogP contribution in [0.2, 0.25) is 0 Å². The van der Waals surface area contributed by atoms with Gasteiger partial charge in [-0.3, -0.25) is 4.79 Å². The second-order valence-corrected chi connectivity index (χ2v) is 8.31. The lowest BCUT2D eigenvalue weighted by atomic mass is 10.4. The monoisotopic (exact) mass is 348 g/mol. The first-order valence-electron chi connectivity index (χ1n) is 8.06. The summed E-state index contributed by atoms with van der Waals surface area (Å²) in [6, 6.07) is 4.65. The Morgan fingerprint density at radius 1 is 1.39 bits per heavy atom. The van der Waals surface area contributed by atoms with Gasteiger partial charge in [-0.1, -0.05) is 17.8 Å². The molecule has 0 aliphatic heterocycles. The van der Waals surface area contributed by atoms with E-state index in [9.17, 15) is 4.79 Å². The summed E-state index contributed by atoms with van der Waals surface area (Å²) >= 11 is 3.22. The van der Waals surface area contributed by atoms with Crippen molar-refractivity contribution in [3.8, 4) is 0 Å². The molecule has 0 spiro atoms. The number of thioether (sulfide) groups is 1. The second-order valence-electron chi connectivity index (χ2n) is 6.33. The third kappa shape index (κ3) is 3.45. The zero-order chi connectivity index (χ0) is 15.8. The fourth-order valence-electron chi connectivity index (χ4n) is 2.64. The average Bonchev–Trinajstić information content (AvgIpc) is 3.48. The van der Waals surface area contributed by atoms with E-state index in [1.165, 1.54) is 42.3 Å². The maximum absolute atomic E-state index is 12.3. The smallest absolute Gasteiger partial charge is 0.233 e. The van der Waals surface area contributed by atoms with Crippen LogP contribution in [-0.4, -0.2) is 38.4 Å². The molecule has 0 radical (unpaired) electrons. The van der Waals surface area contributed by atoms with Crippen LogP contribution in [0.1, 0.15) is 48.3 Å². The third-order valence-electron chi connectivity index (χ3n) is 4.27. The topological polar surface area (TPSA) is 51.0 Å². The van der Waals surface area contributed by atoms with E-state index in [4.69, 9.17) is 0 Å². The molecule has 2 aliphatic rings. The van der Waals surface area contributed by atoms with Gasteiger partial charge in [-0.2, -0.15) is 0 Å². The lowest BCUT2D eigenvalue weighted by Crippen LogP contribution is -2.27. The van der Waals surface area contributed by atoms with E-state index in [0.717, 1.165) is 11.0 Å². The summed E-state index contributed by atoms with van der Waals surface area (Å²) in [5, 5.41) is 11.7. The highest BCUT2D eigenvalue weighted by atomic mass is 32.2. The molecule has 4 rings (SSSR count). The molecular weight excluding hydrogens is 328 g/mol. The Bertz CT molecular complexity index is 689. The Hall–Kier alpha value is -1.34. The van der Waals surface area contributed by atoms with Gasteiger partial charge in [-0.25, -0.2) is 0 Å². The largest absolute Gasteiger partial charge is 0.340 e. The minimum absolute atomic E-state index is 0.140. The van der Waals surface area contributed by atoms with E-state index in [1.807, 2.05) is 18.5 Å². The highest BCUT2D eigenvalue weighted by Crippen LogP contribution is 2.45. The molecule has 0 saturated heterocycles. The number of carbonyl (C=O) groups is 1. The number of rotatable bonds is 7. The van der Waals surface area contributed by atoms with Crippen LogP contribution in [0.15, 0.2) is 22.7 Å². The predicted octanol–water partition coefficient (Wildman–Crippen LogP) is 3.30. The predicted molar refractivity (Wildman–Crippen MR) is 91.8 cm³/mol. The van der Waals surface area contributed by atoms with Crippen molar-refractivity contribution in [2.75, 3.05) is 12.8 Å². The van der Waals surface area contributed by atoms with Crippen LogP contribution in [-0.2, 0) is 11.3 Å². The molecule has 0 atom stereocenters. The second kappa shape index (κ2) is 6.28. The van der Waals surface area contributed by atoms with Crippen molar-refractivity contribution in [3.63, 3.8) is 0 Å². The highest BCUT2D eigenvalue weighted by Gasteiger charge is 2.36. The quantitative estimate of drug-likeness (QED) is 0.721. The van der Waals surface area contributed by atoms with Crippen LogP contribution in [0.3, 0.4) is 0 Å². The maximum atomic E-state index is 12.3. The summed E-state index contributed by atoms with van der Waals surface area (Å²) in [5.41, 5.74) is 0.